The van der Waals surface area contributed by atoms with Gasteiger partial charge in [-0.2, -0.15) is 0 Å². The molecule has 0 unspecified atom stereocenters. The molecule has 3 N–H and O–H groups in total. The molecular formula is C18H30IN5O2. The molecular weight excluding hydrogens is 445 g/mol. The number of rotatable bonds is 7. The number of benzene rings is 1. The molecule has 0 aliphatic carbocycles. The average molecular weight is 475 g/mol. The van der Waals surface area contributed by atoms with E-state index in [1.807, 2.05) is 31.2 Å². The molecule has 1 aromatic rings. The van der Waals surface area contributed by atoms with Gasteiger partial charge in [0.1, 0.15) is 0 Å². The molecule has 2 rings (SSSR count). The van der Waals surface area contributed by atoms with Gasteiger partial charge in [0, 0.05) is 51.9 Å². The predicted octanol–water partition coefficient (Wildman–Crippen LogP) is 1.05. The number of morpholine rings is 1. The summed E-state index contributed by atoms with van der Waals surface area (Å²) >= 11 is 0. The maximum Gasteiger partial charge on any atom is 0.251 e. The van der Waals surface area contributed by atoms with Crippen molar-refractivity contribution in [3.05, 3.63) is 35.4 Å². The summed E-state index contributed by atoms with van der Waals surface area (Å²) in [4.78, 5) is 18.4. The fourth-order valence-electron chi connectivity index (χ4n) is 2.60. The first-order valence-corrected chi connectivity index (χ1v) is 8.84. The second-order valence-corrected chi connectivity index (χ2v) is 5.86. The van der Waals surface area contributed by atoms with Gasteiger partial charge in [-0.15, -0.1) is 24.0 Å². The Morgan fingerprint density at radius 2 is 1.85 bits per heavy atom. The van der Waals surface area contributed by atoms with Crippen LogP contribution in [0, 0.1) is 0 Å². The van der Waals surface area contributed by atoms with Crippen LogP contribution in [-0.2, 0) is 11.3 Å². The summed E-state index contributed by atoms with van der Waals surface area (Å²) in [5.41, 5.74) is 1.78. The van der Waals surface area contributed by atoms with Crippen molar-refractivity contribution in [3.8, 4) is 0 Å². The van der Waals surface area contributed by atoms with E-state index in [4.69, 9.17) is 4.74 Å². The Balaban J connectivity index is 0.00000338. The van der Waals surface area contributed by atoms with E-state index in [0.29, 0.717) is 18.7 Å². The Kier molecular flexibility index (Phi) is 11.2. The number of carbonyl (C=O) groups is 1. The monoisotopic (exact) mass is 475 g/mol. The molecule has 1 aliphatic rings. The van der Waals surface area contributed by atoms with E-state index in [9.17, 15) is 4.79 Å². The van der Waals surface area contributed by atoms with Crippen molar-refractivity contribution >= 4 is 35.8 Å². The first-order valence-electron chi connectivity index (χ1n) is 8.84. The van der Waals surface area contributed by atoms with E-state index in [0.717, 1.165) is 50.9 Å². The lowest BCUT2D eigenvalue weighted by atomic mass is 10.1. The van der Waals surface area contributed by atoms with Crippen LogP contribution in [0.15, 0.2) is 29.3 Å². The molecule has 0 saturated carbocycles. The van der Waals surface area contributed by atoms with Crippen molar-refractivity contribution in [1.82, 2.24) is 20.9 Å². The first kappa shape index (κ1) is 22.7. The fourth-order valence-corrected chi connectivity index (χ4v) is 2.60. The zero-order valence-corrected chi connectivity index (χ0v) is 17.9. The van der Waals surface area contributed by atoms with Crippen LogP contribution in [0.3, 0.4) is 0 Å². The van der Waals surface area contributed by atoms with Crippen molar-refractivity contribution in [3.63, 3.8) is 0 Å². The summed E-state index contributed by atoms with van der Waals surface area (Å²) in [5, 5.41) is 9.41. The summed E-state index contributed by atoms with van der Waals surface area (Å²) in [5.74, 6) is 0.740. The Labute approximate surface area is 173 Å². The van der Waals surface area contributed by atoms with Crippen LogP contribution in [0.4, 0.5) is 0 Å². The van der Waals surface area contributed by atoms with Gasteiger partial charge in [-0.25, -0.2) is 0 Å². The number of guanidine groups is 1. The minimum atomic E-state index is -0.0393. The van der Waals surface area contributed by atoms with Gasteiger partial charge in [-0.3, -0.25) is 14.7 Å². The number of carbonyl (C=O) groups excluding carboxylic acids is 1. The summed E-state index contributed by atoms with van der Waals surface area (Å²) in [6.45, 7) is 8.65. The van der Waals surface area contributed by atoms with Crippen LogP contribution in [0.1, 0.15) is 22.8 Å². The molecule has 1 amide bonds. The van der Waals surface area contributed by atoms with Crippen molar-refractivity contribution in [2.75, 3.05) is 53.0 Å². The van der Waals surface area contributed by atoms with Gasteiger partial charge in [-0.1, -0.05) is 12.1 Å². The lowest BCUT2D eigenvalue weighted by Crippen LogP contribution is -2.44. The molecule has 1 aliphatic heterocycles. The van der Waals surface area contributed by atoms with Gasteiger partial charge in [0.05, 0.1) is 13.2 Å². The topological polar surface area (TPSA) is 78.0 Å². The van der Waals surface area contributed by atoms with Crippen molar-refractivity contribution in [2.45, 2.75) is 13.5 Å². The Bertz CT molecular complexity index is 559. The third-order valence-electron chi connectivity index (χ3n) is 4.06. The molecule has 1 fully saturated rings. The van der Waals surface area contributed by atoms with Crippen LogP contribution in [0.5, 0.6) is 0 Å². The van der Waals surface area contributed by atoms with E-state index in [2.05, 4.69) is 25.8 Å². The van der Waals surface area contributed by atoms with Gasteiger partial charge in [0.25, 0.3) is 5.91 Å². The Hall–Kier alpha value is -1.39. The molecule has 146 valence electrons. The second kappa shape index (κ2) is 12.9. The van der Waals surface area contributed by atoms with E-state index in [1.165, 1.54) is 0 Å². The van der Waals surface area contributed by atoms with Gasteiger partial charge in [0.2, 0.25) is 0 Å². The summed E-state index contributed by atoms with van der Waals surface area (Å²) in [6, 6.07) is 7.60. The second-order valence-electron chi connectivity index (χ2n) is 5.86. The number of hydrogen-bond donors (Lipinski definition) is 3. The van der Waals surface area contributed by atoms with Crippen molar-refractivity contribution in [2.24, 2.45) is 4.99 Å². The molecule has 0 aromatic heterocycles. The minimum absolute atomic E-state index is 0. The van der Waals surface area contributed by atoms with E-state index >= 15 is 0 Å². The number of ether oxygens (including phenoxy) is 1. The fraction of sp³-hybridized carbons (Fsp3) is 0.556. The average Bonchev–Trinajstić information content (AvgIpc) is 2.66. The molecule has 1 aromatic carbocycles. The van der Waals surface area contributed by atoms with Crippen LogP contribution in [0.25, 0.3) is 0 Å². The van der Waals surface area contributed by atoms with Crippen molar-refractivity contribution < 1.29 is 9.53 Å². The number of aliphatic imine (C=N–C) groups is 1. The molecule has 1 heterocycles. The molecule has 26 heavy (non-hydrogen) atoms. The van der Waals surface area contributed by atoms with Gasteiger partial charge < -0.3 is 20.7 Å². The maximum atomic E-state index is 11.7. The smallest absolute Gasteiger partial charge is 0.251 e. The lowest BCUT2D eigenvalue weighted by Gasteiger charge is -2.26. The van der Waals surface area contributed by atoms with Gasteiger partial charge in [-0.05, 0) is 24.6 Å². The highest BCUT2D eigenvalue weighted by Crippen LogP contribution is 2.04. The number of halogens is 1. The number of nitrogens with zero attached hydrogens (tertiary/aromatic N) is 2. The predicted molar refractivity (Wildman–Crippen MR) is 115 cm³/mol. The minimum Gasteiger partial charge on any atom is -0.379 e. The maximum absolute atomic E-state index is 11.7. The molecule has 0 spiro atoms. The standard InChI is InChI=1S/C18H29N5O2.HI/c1-3-20-17(24)16-6-4-15(5-7-16)14-22-18(19-2)21-8-9-23-10-12-25-13-11-23;/h4-7H,3,8-14H2,1-2H3,(H,20,24)(H2,19,21,22);1H. The highest BCUT2D eigenvalue weighted by atomic mass is 127. The van der Waals surface area contributed by atoms with Crippen LogP contribution >= 0.6 is 24.0 Å². The number of hydrogen-bond acceptors (Lipinski definition) is 4. The quantitative estimate of drug-likeness (QED) is 0.312. The molecule has 7 nitrogen and oxygen atoms in total. The number of nitrogens with one attached hydrogen (secondary N) is 3. The highest BCUT2D eigenvalue weighted by molar-refractivity contribution is 14.0. The largest absolute Gasteiger partial charge is 0.379 e. The zero-order chi connectivity index (χ0) is 17.9. The lowest BCUT2D eigenvalue weighted by molar-refractivity contribution is 0.0389. The molecule has 8 heteroatoms. The van der Waals surface area contributed by atoms with Gasteiger partial charge in [0.15, 0.2) is 5.96 Å². The third kappa shape index (κ3) is 7.88. The van der Waals surface area contributed by atoms with Crippen LogP contribution < -0.4 is 16.0 Å². The van der Waals surface area contributed by atoms with Crippen LogP contribution in [-0.4, -0.2) is 69.8 Å². The molecule has 0 bridgehead atoms. The van der Waals surface area contributed by atoms with Crippen LogP contribution in [0.2, 0.25) is 0 Å². The molecule has 1 saturated heterocycles. The van der Waals surface area contributed by atoms with E-state index < -0.39 is 0 Å². The number of amides is 1. The normalized spacial score (nSPS) is 15.1. The van der Waals surface area contributed by atoms with Crippen molar-refractivity contribution in [1.29, 1.82) is 0 Å². The Morgan fingerprint density at radius 3 is 2.46 bits per heavy atom. The summed E-state index contributed by atoms with van der Waals surface area (Å²) in [6.07, 6.45) is 0. The third-order valence-corrected chi connectivity index (χ3v) is 4.06. The SMILES string of the molecule is CCNC(=O)c1ccc(CNC(=NC)NCCN2CCOCC2)cc1.I. The summed E-state index contributed by atoms with van der Waals surface area (Å²) in [7, 11) is 1.77. The zero-order valence-electron chi connectivity index (χ0n) is 15.6. The highest BCUT2D eigenvalue weighted by Gasteiger charge is 2.09. The molecule has 0 atom stereocenters. The van der Waals surface area contributed by atoms with Gasteiger partial charge >= 0.3 is 0 Å². The first-order chi connectivity index (χ1) is 12.2. The van der Waals surface area contributed by atoms with E-state index in [1.54, 1.807) is 7.05 Å². The Morgan fingerprint density at radius 1 is 1.15 bits per heavy atom. The summed E-state index contributed by atoms with van der Waals surface area (Å²) < 4.78 is 5.35. The van der Waals surface area contributed by atoms with E-state index in [-0.39, 0.29) is 29.9 Å². The molecule has 0 radical (unpaired) electrons.